The number of nitrogens with zero attached hydrogens (tertiary/aromatic N) is 1. The summed E-state index contributed by atoms with van der Waals surface area (Å²) in [5.74, 6) is -1.66. The number of carbonyl (C=O) groups excluding carboxylic acids is 1. The van der Waals surface area contributed by atoms with E-state index in [-0.39, 0.29) is 12.2 Å². The van der Waals surface area contributed by atoms with E-state index in [1.54, 1.807) is 34.9 Å². The van der Waals surface area contributed by atoms with Gasteiger partial charge in [-0.1, -0.05) is 0 Å². The molecule has 0 fully saturated rings. The Bertz CT molecular complexity index is 865. The highest BCUT2D eigenvalue weighted by Crippen LogP contribution is 2.17. The third-order valence-electron chi connectivity index (χ3n) is 3.39. The van der Waals surface area contributed by atoms with Crippen molar-refractivity contribution in [3.8, 4) is 0 Å². The second kappa shape index (κ2) is 5.44. The second-order valence-corrected chi connectivity index (χ2v) is 4.96. The topological polar surface area (TPSA) is 58.8 Å². The van der Waals surface area contributed by atoms with E-state index < -0.39 is 11.8 Å². The number of hydrogen-bond donors (Lipinski definition) is 1. The van der Waals surface area contributed by atoms with Crippen LogP contribution in [-0.4, -0.2) is 21.3 Å². The molecule has 3 rings (SSSR count). The number of fused-ring (bicyclic) bond motifs is 1. The Labute approximate surface area is 125 Å². The molecule has 3 aromatic rings. The van der Waals surface area contributed by atoms with Crippen molar-refractivity contribution in [1.29, 1.82) is 0 Å². The summed E-state index contributed by atoms with van der Waals surface area (Å²) in [5, 5.41) is 8.93. The Morgan fingerprint density at radius 1 is 1.09 bits per heavy atom. The second-order valence-electron chi connectivity index (χ2n) is 4.96. The number of aliphatic carboxylic acids is 1. The van der Waals surface area contributed by atoms with Gasteiger partial charge in [0.1, 0.15) is 5.82 Å². The molecule has 110 valence electrons. The first-order chi connectivity index (χ1) is 10.5. The van der Waals surface area contributed by atoms with E-state index in [0.717, 1.165) is 5.52 Å². The van der Waals surface area contributed by atoms with Crippen LogP contribution >= 0.6 is 0 Å². The highest BCUT2D eigenvalue weighted by molar-refractivity contribution is 6.08. The summed E-state index contributed by atoms with van der Waals surface area (Å²) < 4.78 is 14.7. The molecule has 0 aliphatic carbocycles. The van der Waals surface area contributed by atoms with E-state index in [0.29, 0.717) is 16.8 Å². The Hall–Kier alpha value is -2.95. The average Bonchev–Trinajstić information content (AvgIpc) is 2.94. The molecule has 0 spiro atoms. The number of carboxylic acids is 1. The lowest BCUT2D eigenvalue weighted by Gasteiger charge is -2.08. The standard InChI is InChI=1S/C17H12FNO3/c18-13-5-3-12(4-6-13)17(22)15-9-11(10-16(20)21)8-14-2-1-7-19(14)15/h1-9H,10H2,(H,20,21). The quantitative estimate of drug-likeness (QED) is 0.753. The van der Waals surface area contributed by atoms with Crippen LogP contribution < -0.4 is 0 Å². The molecule has 0 saturated carbocycles. The summed E-state index contributed by atoms with van der Waals surface area (Å²) in [6, 6.07) is 12.1. The van der Waals surface area contributed by atoms with Gasteiger partial charge in [-0.05, 0) is 54.1 Å². The monoisotopic (exact) mass is 297 g/mol. The van der Waals surface area contributed by atoms with Crippen LogP contribution in [-0.2, 0) is 11.2 Å². The van der Waals surface area contributed by atoms with Crippen molar-refractivity contribution in [2.45, 2.75) is 6.42 Å². The molecular weight excluding hydrogens is 285 g/mol. The van der Waals surface area contributed by atoms with Gasteiger partial charge in [0.05, 0.1) is 12.1 Å². The van der Waals surface area contributed by atoms with Gasteiger partial charge >= 0.3 is 5.97 Å². The van der Waals surface area contributed by atoms with E-state index in [9.17, 15) is 14.0 Å². The minimum absolute atomic E-state index is 0.161. The normalized spacial score (nSPS) is 10.8. The van der Waals surface area contributed by atoms with Crippen molar-refractivity contribution >= 4 is 17.3 Å². The summed E-state index contributed by atoms with van der Waals surface area (Å²) in [7, 11) is 0. The lowest BCUT2D eigenvalue weighted by Crippen LogP contribution is -2.10. The predicted molar refractivity (Wildman–Crippen MR) is 78.6 cm³/mol. The molecule has 0 radical (unpaired) electrons. The van der Waals surface area contributed by atoms with Crippen molar-refractivity contribution < 1.29 is 19.1 Å². The molecule has 0 atom stereocenters. The van der Waals surface area contributed by atoms with Crippen LogP contribution in [0.3, 0.4) is 0 Å². The molecule has 22 heavy (non-hydrogen) atoms. The van der Waals surface area contributed by atoms with Crippen LogP contribution in [0.25, 0.3) is 5.52 Å². The van der Waals surface area contributed by atoms with Crippen LogP contribution in [0, 0.1) is 5.82 Å². The van der Waals surface area contributed by atoms with Crippen LogP contribution in [0.15, 0.2) is 54.7 Å². The number of carbonyl (C=O) groups is 2. The highest BCUT2D eigenvalue weighted by atomic mass is 19.1. The molecule has 0 aliphatic heterocycles. The van der Waals surface area contributed by atoms with Gasteiger partial charge < -0.3 is 9.51 Å². The maximum atomic E-state index is 13.0. The van der Waals surface area contributed by atoms with Crippen molar-refractivity contribution in [2.75, 3.05) is 0 Å². The fourth-order valence-electron chi connectivity index (χ4n) is 2.41. The Morgan fingerprint density at radius 3 is 2.50 bits per heavy atom. The molecule has 5 heteroatoms. The number of pyridine rings is 1. The molecule has 4 nitrogen and oxygen atoms in total. The van der Waals surface area contributed by atoms with Gasteiger partial charge in [0.15, 0.2) is 0 Å². The zero-order chi connectivity index (χ0) is 15.7. The first-order valence-electron chi connectivity index (χ1n) is 6.66. The van der Waals surface area contributed by atoms with Gasteiger partial charge in [-0.3, -0.25) is 9.59 Å². The number of carboxylic acid groups (broad SMARTS) is 1. The zero-order valence-electron chi connectivity index (χ0n) is 11.5. The third-order valence-corrected chi connectivity index (χ3v) is 3.39. The highest BCUT2D eigenvalue weighted by Gasteiger charge is 2.15. The minimum Gasteiger partial charge on any atom is -0.481 e. The van der Waals surface area contributed by atoms with Gasteiger partial charge in [0, 0.05) is 17.3 Å². The maximum Gasteiger partial charge on any atom is 0.307 e. The summed E-state index contributed by atoms with van der Waals surface area (Å²) >= 11 is 0. The van der Waals surface area contributed by atoms with E-state index in [1.165, 1.54) is 24.3 Å². The van der Waals surface area contributed by atoms with Gasteiger partial charge in [0.2, 0.25) is 5.78 Å². The number of benzene rings is 1. The number of halogens is 1. The van der Waals surface area contributed by atoms with Crippen LogP contribution in [0.5, 0.6) is 0 Å². The molecule has 0 bridgehead atoms. The lowest BCUT2D eigenvalue weighted by atomic mass is 10.0. The Balaban J connectivity index is 2.11. The largest absolute Gasteiger partial charge is 0.481 e. The lowest BCUT2D eigenvalue weighted by molar-refractivity contribution is -0.136. The number of rotatable bonds is 4. The molecule has 0 amide bonds. The van der Waals surface area contributed by atoms with Gasteiger partial charge in [-0.15, -0.1) is 0 Å². The average molecular weight is 297 g/mol. The smallest absolute Gasteiger partial charge is 0.307 e. The van der Waals surface area contributed by atoms with Crippen molar-refractivity contribution in [1.82, 2.24) is 4.40 Å². The molecule has 0 aliphatic rings. The van der Waals surface area contributed by atoms with Gasteiger partial charge in [0.25, 0.3) is 0 Å². The zero-order valence-corrected chi connectivity index (χ0v) is 11.5. The third kappa shape index (κ3) is 2.61. The summed E-state index contributed by atoms with van der Waals surface area (Å²) in [6.07, 6.45) is 1.57. The fraction of sp³-hybridized carbons (Fsp3) is 0.0588. The molecular formula is C17H12FNO3. The van der Waals surface area contributed by atoms with Gasteiger partial charge in [-0.25, -0.2) is 4.39 Å². The predicted octanol–water partition coefficient (Wildman–Crippen LogP) is 2.94. The molecule has 1 N–H and O–H groups in total. The Morgan fingerprint density at radius 2 is 1.82 bits per heavy atom. The number of ketones is 1. The Kier molecular flexibility index (Phi) is 3.47. The minimum atomic E-state index is -0.962. The fourth-order valence-corrected chi connectivity index (χ4v) is 2.41. The van der Waals surface area contributed by atoms with Crippen LogP contribution in [0.1, 0.15) is 21.6 Å². The first-order valence-corrected chi connectivity index (χ1v) is 6.66. The van der Waals surface area contributed by atoms with E-state index in [2.05, 4.69) is 0 Å². The van der Waals surface area contributed by atoms with Crippen molar-refractivity contribution in [3.63, 3.8) is 0 Å². The van der Waals surface area contributed by atoms with Gasteiger partial charge in [-0.2, -0.15) is 0 Å². The van der Waals surface area contributed by atoms with Crippen LogP contribution in [0.2, 0.25) is 0 Å². The number of aromatic nitrogens is 1. The first kappa shape index (κ1) is 14.0. The summed E-state index contributed by atoms with van der Waals surface area (Å²) in [4.78, 5) is 23.5. The van der Waals surface area contributed by atoms with Crippen LogP contribution in [0.4, 0.5) is 4.39 Å². The van der Waals surface area contributed by atoms with Crippen molar-refractivity contribution in [2.24, 2.45) is 0 Å². The van der Waals surface area contributed by atoms with E-state index in [4.69, 9.17) is 5.11 Å². The summed E-state index contributed by atoms with van der Waals surface area (Å²) in [6.45, 7) is 0. The molecule has 0 saturated heterocycles. The summed E-state index contributed by atoms with van der Waals surface area (Å²) in [5.41, 5.74) is 1.99. The molecule has 0 unspecified atom stereocenters. The molecule has 1 aromatic carbocycles. The molecule has 2 heterocycles. The van der Waals surface area contributed by atoms with E-state index in [1.807, 2.05) is 0 Å². The molecule has 2 aromatic heterocycles. The maximum absolute atomic E-state index is 13.0. The van der Waals surface area contributed by atoms with Crippen molar-refractivity contribution in [3.05, 3.63) is 77.4 Å². The van der Waals surface area contributed by atoms with E-state index >= 15 is 0 Å². The SMILES string of the molecule is O=C(O)Cc1cc(C(=O)c2ccc(F)cc2)n2cccc2c1. The number of hydrogen-bond acceptors (Lipinski definition) is 2.